The van der Waals surface area contributed by atoms with E-state index < -0.39 is 0 Å². The minimum atomic E-state index is -0.256. The summed E-state index contributed by atoms with van der Waals surface area (Å²) in [5.41, 5.74) is 1.90. The standard InChI is InChI=1S/C20H24N4O2S/c1-13(19(25)24(2)14-8-4-3-5-9-14)27-20-23-22-18(26-20)16-12-21-17-11-7-6-10-15(16)17/h6-7,10-14,21H,3-5,8-9H2,1-2H3. The van der Waals surface area contributed by atoms with Gasteiger partial charge in [-0.1, -0.05) is 49.2 Å². The van der Waals surface area contributed by atoms with Gasteiger partial charge in [0.25, 0.3) is 11.1 Å². The van der Waals surface area contributed by atoms with E-state index in [4.69, 9.17) is 4.42 Å². The molecule has 1 atom stereocenters. The molecule has 1 unspecified atom stereocenters. The molecule has 1 fully saturated rings. The highest BCUT2D eigenvalue weighted by Crippen LogP contribution is 2.31. The van der Waals surface area contributed by atoms with Gasteiger partial charge in [-0.05, 0) is 25.8 Å². The fraction of sp³-hybridized carbons (Fsp3) is 0.450. The Morgan fingerprint density at radius 1 is 1.26 bits per heavy atom. The summed E-state index contributed by atoms with van der Waals surface area (Å²) in [6.45, 7) is 1.90. The lowest BCUT2D eigenvalue weighted by Crippen LogP contribution is -2.42. The molecule has 4 rings (SSSR count). The molecule has 27 heavy (non-hydrogen) atoms. The van der Waals surface area contributed by atoms with E-state index in [1.54, 1.807) is 0 Å². The Balaban J connectivity index is 1.45. The van der Waals surface area contributed by atoms with Gasteiger partial charge in [-0.2, -0.15) is 0 Å². The van der Waals surface area contributed by atoms with E-state index in [9.17, 15) is 4.79 Å². The smallest absolute Gasteiger partial charge is 0.277 e. The van der Waals surface area contributed by atoms with Crippen LogP contribution in [-0.2, 0) is 4.79 Å². The van der Waals surface area contributed by atoms with Gasteiger partial charge >= 0.3 is 0 Å². The van der Waals surface area contributed by atoms with Crippen LogP contribution in [0.1, 0.15) is 39.0 Å². The Bertz CT molecular complexity index is 929. The fourth-order valence-electron chi connectivity index (χ4n) is 3.75. The Kier molecular flexibility index (Phi) is 5.20. The first kappa shape index (κ1) is 18.1. The molecule has 1 saturated carbocycles. The zero-order chi connectivity index (χ0) is 18.8. The topological polar surface area (TPSA) is 75.0 Å². The highest BCUT2D eigenvalue weighted by molar-refractivity contribution is 8.00. The van der Waals surface area contributed by atoms with Crippen LogP contribution < -0.4 is 0 Å². The number of carbonyl (C=O) groups excluding carboxylic acids is 1. The summed E-state index contributed by atoms with van der Waals surface area (Å²) < 4.78 is 5.83. The SMILES string of the molecule is CC(Sc1nnc(-c2c[nH]c3ccccc23)o1)C(=O)N(C)C1CCCCC1. The maximum absolute atomic E-state index is 12.8. The Hall–Kier alpha value is -2.28. The van der Waals surface area contributed by atoms with Crippen molar-refractivity contribution >= 4 is 28.6 Å². The molecule has 0 saturated heterocycles. The first-order valence-corrected chi connectivity index (χ1v) is 10.3. The number of aromatic nitrogens is 3. The quantitative estimate of drug-likeness (QED) is 0.656. The number of fused-ring (bicyclic) bond motifs is 1. The average molecular weight is 385 g/mol. The van der Waals surface area contributed by atoms with E-state index in [0.717, 1.165) is 29.3 Å². The van der Waals surface area contributed by atoms with Gasteiger partial charge in [-0.15, -0.1) is 10.2 Å². The van der Waals surface area contributed by atoms with Crippen LogP contribution in [0.15, 0.2) is 40.1 Å². The predicted molar refractivity (Wildman–Crippen MR) is 107 cm³/mol. The third-order valence-electron chi connectivity index (χ3n) is 5.32. The van der Waals surface area contributed by atoms with Crippen LogP contribution in [0, 0.1) is 0 Å². The summed E-state index contributed by atoms with van der Waals surface area (Å²) >= 11 is 1.33. The molecule has 2 heterocycles. The number of thioether (sulfide) groups is 1. The normalized spacial score (nSPS) is 16.5. The van der Waals surface area contributed by atoms with Crippen molar-refractivity contribution in [1.29, 1.82) is 0 Å². The number of hydrogen-bond donors (Lipinski definition) is 1. The second-order valence-corrected chi connectivity index (χ2v) is 8.41. The summed E-state index contributed by atoms with van der Waals surface area (Å²) in [5, 5.41) is 9.52. The fourth-order valence-corrected chi connectivity index (χ4v) is 4.54. The molecule has 0 radical (unpaired) electrons. The third kappa shape index (κ3) is 3.74. The Labute approximate surface area is 162 Å². The van der Waals surface area contributed by atoms with Gasteiger partial charge < -0.3 is 14.3 Å². The van der Waals surface area contributed by atoms with Crippen molar-refractivity contribution < 1.29 is 9.21 Å². The number of amides is 1. The number of hydrogen-bond acceptors (Lipinski definition) is 5. The molecular formula is C20H24N4O2S. The van der Waals surface area contributed by atoms with Gasteiger partial charge in [-0.25, -0.2) is 0 Å². The second kappa shape index (κ2) is 7.76. The van der Waals surface area contributed by atoms with Crippen molar-refractivity contribution in [3.8, 4) is 11.5 Å². The highest BCUT2D eigenvalue weighted by atomic mass is 32.2. The summed E-state index contributed by atoms with van der Waals surface area (Å²) in [5.74, 6) is 0.592. The van der Waals surface area contributed by atoms with Crippen LogP contribution in [0.25, 0.3) is 22.4 Å². The lowest BCUT2D eigenvalue weighted by molar-refractivity contribution is -0.131. The first-order chi connectivity index (χ1) is 13.1. The molecule has 2 aromatic heterocycles. The van der Waals surface area contributed by atoms with Crippen LogP contribution in [-0.4, -0.2) is 44.3 Å². The van der Waals surface area contributed by atoms with Gasteiger partial charge in [-0.3, -0.25) is 4.79 Å². The summed E-state index contributed by atoms with van der Waals surface area (Å²) in [6, 6.07) is 8.34. The minimum Gasteiger partial charge on any atom is -0.411 e. The van der Waals surface area contributed by atoms with E-state index in [1.807, 2.05) is 49.3 Å². The van der Waals surface area contributed by atoms with E-state index in [-0.39, 0.29) is 11.2 Å². The highest BCUT2D eigenvalue weighted by Gasteiger charge is 2.27. The first-order valence-electron chi connectivity index (χ1n) is 9.47. The lowest BCUT2D eigenvalue weighted by Gasteiger charge is -2.32. The molecule has 3 aromatic rings. The number of benzene rings is 1. The molecule has 1 aliphatic rings. The van der Waals surface area contributed by atoms with E-state index in [2.05, 4.69) is 15.2 Å². The second-order valence-electron chi connectivity index (χ2n) is 7.12. The molecule has 0 bridgehead atoms. The van der Waals surface area contributed by atoms with Gasteiger partial charge in [0.1, 0.15) is 0 Å². The van der Waals surface area contributed by atoms with Gasteiger partial charge in [0, 0.05) is 30.2 Å². The molecule has 1 aliphatic carbocycles. The molecular weight excluding hydrogens is 360 g/mol. The van der Waals surface area contributed by atoms with Crippen LogP contribution in [0.4, 0.5) is 0 Å². The third-order valence-corrected chi connectivity index (χ3v) is 6.24. The molecule has 142 valence electrons. The van der Waals surface area contributed by atoms with Crippen LogP contribution in [0.2, 0.25) is 0 Å². The molecule has 0 spiro atoms. The van der Waals surface area contributed by atoms with Crippen LogP contribution in [0.5, 0.6) is 0 Å². The number of para-hydroxylation sites is 1. The summed E-state index contributed by atoms with van der Waals surface area (Å²) in [6.07, 6.45) is 7.78. The number of nitrogens with one attached hydrogen (secondary N) is 1. The maximum Gasteiger partial charge on any atom is 0.277 e. The number of rotatable bonds is 5. The Morgan fingerprint density at radius 3 is 2.85 bits per heavy atom. The number of aromatic amines is 1. The van der Waals surface area contributed by atoms with E-state index >= 15 is 0 Å². The average Bonchev–Trinajstić information content (AvgIpc) is 3.34. The number of nitrogens with zero attached hydrogens (tertiary/aromatic N) is 3. The zero-order valence-corrected chi connectivity index (χ0v) is 16.5. The molecule has 1 amide bonds. The van der Waals surface area contributed by atoms with Crippen LogP contribution in [0.3, 0.4) is 0 Å². The molecule has 1 N–H and O–H groups in total. The lowest BCUT2D eigenvalue weighted by atomic mass is 9.94. The monoisotopic (exact) mass is 384 g/mol. The van der Waals surface area contributed by atoms with Gasteiger partial charge in [0.15, 0.2) is 0 Å². The zero-order valence-electron chi connectivity index (χ0n) is 15.6. The number of H-pyrrole nitrogens is 1. The Morgan fingerprint density at radius 2 is 2.04 bits per heavy atom. The molecule has 7 heteroatoms. The summed E-state index contributed by atoms with van der Waals surface area (Å²) in [4.78, 5) is 17.9. The van der Waals surface area contributed by atoms with Crippen molar-refractivity contribution in [3.05, 3.63) is 30.5 Å². The minimum absolute atomic E-state index is 0.124. The van der Waals surface area contributed by atoms with Crippen molar-refractivity contribution in [2.75, 3.05) is 7.05 Å². The predicted octanol–water partition coefficient (Wildman–Crippen LogP) is 4.49. The van der Waals surface area contributed by atoms with Crippen molar-refractivity contribution in [2.24, 2.45) is 0 Å². The largest absolute Gasteiger partial charge is 0.411 e. The number of carbonyl (C=O) groups is 1. The van der Waals surface area contributed by atoms with E-state index in [1.165, 1.54) is 31.0 Å². The van der Waals surface area contributed by atoms with Crippen LogP contribution >= 0.6 is 11.8 Å². The molecule has 1 aromatic carbocycles. The van der Waals surface area contributed by atoms with Crippen molar-refractivity contribution in [3.63, 3.8) is 0 Å². The molecule has 0 aliphatic heterocycles. The molecule has 6 nitrogen and oxygen atoms in total. The summed E-state index contributed by atoms with van der Waals surface area (Å²) in [7, 11) is 1.92. The van der Waals surface area contributed by atoms with Crippen molar-refractivity contribution in [1.82, 2.24) is 20.1 Å². The maximum atomic E-state index is 12.8. The van der Waals surface area contributed by atoms with Crippen molar-refractivity contribution in [2.45, 2.75) is 55.5 Å². The van der Waals surface area contributed by atoms with E-state index in [0.29, 0.717) is 17.2 Å². The van der Waals surface area contributed by atoms with Gasteiger partial charge in [0.2, 0.25) is 5.91 Å². The van der Waals surface area contributed by atoms with Gasteiger partial charge in [0.05, 0.1) is 10.8 Å².